The third-order valence-electron chi connectivity index (χ3n) is 3.71. The second-order valence-electron chi connectivity index (χ2n) is 6.53. The van der Waals surface area contributed by atoms with Gasteiger partial charge >= 0.3 is 0 Å². The number of carbonyl (C=O) groups is 1. The average molecular weight is 327 g/mol. The van der Waals surface area contributed by atoms with E-state index in [1.165, 1.54) is 4.90 Å². The standard InChI is InChI=1S/C20H26N2O2/c1-16(14-22(2)3)13-21-20(23)18-10-7-11-19(12-18)24-15-17-8-5-4-6-9-17/h4-12,16H,13-15H2,1-3H3,(H,21,23)/p+1/t16-/m1/s1. The van der Waals surface area contributed by atoms with Crippen molar-refractivity contribution in [2.45, 2.75) is 13.5 Å². The molecule has 1 amide bonds. The summed E-state index contributed by atoms with van der Waals surface area (Å²) in [6, 6.07) is 17.3. The van der Waals surface area contributed by atoms with Crippen molar-refractivity contribution in [2.75, 3.05) is 27.2 Å². The Hall–Kier alpha value is -2.33. The fourth-order valence-electron chi connectivity index (χ4n) is 2.61. The van der Waals surface area contributed by atoms with Crippen molar-refractivity contribution in [3.8, 4) is 5.75 Å². The van der Waals surface area contributed by atoms with Crippen LogP contribution in [0.3, 0.4) is 0 Å². The quantitative estimate of drug-likeness (QED) is 0.776. The lowest BCUT2D eigenvalue weighted by atomic mass is 10.1. The lowest BCUT2D eigenvalue weighted by Crippen LogP contribution is -3.06. The van der Waals surface area contributed by atoms with E-state index >= 15 is 0 Å². The average Bonchev–Trinajstić information content (AvgIpc) is 2.58. The van der Waals surface area contributed by atoms with Crippen LogP contribution in [0.25, 0.3) is 0 Å². The molecule has 0 unspecified atom stereocenters. The van der Waals surface area contributed by atoms with E-state index in [2.05, 4.69) is 26.3 Å². The van der Waals surface area contributed by atoms with Gasteiger partial charge in [0, 0.05) is 18.0 Å². The van der Waals surface area contributed by atoms with Crippen LogP contribution in [0.5, 0.6) is 5.75 Å². The van der Waals surface area contributed by atoms with Crippen LogP contribution in [-0.2, 0) is 6.61 Å². The molecule has 0 heterocycles. The second-order valence-corrected chi connectivity index (χ2v) is 6.53. The predicted octanol–water partition coefficient (Wildman–Crippen LogP) is 1.78. The van der Waals surface area contributed by atoms with Crippen molar-refractivity contribution in [2.24, 2.45) is 5.92 Å². The molecule has 4 heteroatoms. The summed E-state index contributed by atoms with van der Waals surface area (Å²) in [6.07, 6.45) is 0. The van der Waals surface area contributed by atoms with Gasteiger partial charge in [-0.15, -0.1) is 0 Å². The van der Waals surface area contributed by atoms with Gasteiger partial charge in [-0.2, -0.15) is 0 Å². The molecule has 24 heavy (non-hydrogen) atoms. The molecule has 0 radical (unpaired) electrons. The molecule has 0 fully saturated rings. The number of rotatable bonds is 8. The van der Waals surface area contributed by atoms with E-state index < -0.39 is 0 Å². The first-order valence-electron chi connectivity index (χ1n) is 8.38. The SMILES string of the molecule is C[C@H](CNC(=O)c1cccc(OCc2ccccc2)c1)C[NH+](C)C. The van der Waals surface area contributed by atoms with Gasteiger partial charge in [0.05, 0.1) is 20.6 Å². The van der Waals surface area contributed by atoms with Crippen LogP contribution in [0, 0.1) is 5.92 Å². The number of benzene rings is 2. The second kappa shape index (κ2) is 9.08. The molecule has 0 bridgehead atoms. The Morgan fingerprint density at radius 3 is 2.58 bits per heavy atom. The number of ether oxygens (including phenoxy) is 1. The van der Waals surface area contributed by atoms with Gasteiger partial charge in [0.15, 0.2) is 0 Å². The highest BCUT2D eigenvalue weighted by Gasteiger charge is 2.11. The number of amides is 1. The van der Waals surface area contributed by atoms with E-state index in [9.17, 15) is 4.79 Å². The summed E-state index contributed by atoms with van der Waals surface area (Å²) in [4.78, 5) is 13.7. The fourth-order valence-corrected chi connectivity index (χ4v) is 2.61. The molecular formula is C20H27N2O2+. The van der Waals surface area contributed by atoms with Gasteiger partial charge < -0.3 is 15.0 Å². The monoisotopic (exact) mass is 327 g/mol. The summed E-state index contributed by atoms with van der Waals surface area (Å²) in [5.41, 5.74) is 1.73. The third-order valence-corrected chi connectivity index (χ3v) is 3.71. The minimum Gasteiger partial charge on any atom is -0.489 e. The van der Waals surface area contributed by atoms with Gasteiger partial charge in [-0.05, 0) is 23.8 Å². The third kappa shape index (κ3) is 6.05. The van der Waals surface area contributed by atoms with Gasteiger partial charge in [0.25, 0.3) is 5.91 Å². The Labute approximate surface area is 144 Å². The molecule has 0 spiro atoms. The van der Waals surface area contributed by atoms with Crippen molar-refractivity contribution in [3.05, 3.63) is 65.7 Å². The number of hydrogen-bond donors (Lipinski definition) is 2. The number of nitrogens with one attached hydrogen (secondary N) is 2. The molecule has 2 rings (SSSR count). The number of quaternary nitrogens is 1. The molecule has 0 aliphatic carbocycles. The van der Waals surface area contributed by atoms with E-state index in [1.54, 1.807) is 6.07 Å². The minimum atomic E-state index is -0.0548. The lowest BCUT2D eigenvalue weighted by molar-refractivity contribution is -0.861. The highest BCUT2D eigenvalue weighted by atomic mass is 16.5. The molecule has 0 saturated carbocycles. The van der Waals surface area contributed by atoms with Crippen molar-refractivity contribution < 1.29 is 14.4 Å². The van der Waals surface area contributed by atoms with E-state index in [1.807, 2.05) is 48.5 Å². The Bertz CT molecular complexity index is 641. The van der Waals surface area contributed by atoms with E-state index in [0.29, 0.717) is 30.4 Å². The predicted molar refractivity (Wildman–Crippen MR) is 96.4 cm³/mol. The highest BCUT2D eigenvalue weighted by Crippen LogP contribution is 2.15. The van der Waals surface area contributed by atoms with Gasteiger partial charge in [-0.3, -0.25) is 4.79 Å². The summed E-state index contributed by atoms with van der Waals surface area (Å²) in [7, 11) is 4.23. The Morgan fingerprint density at radius 2 is 1.88 bits per heavy atom. The topological polar surface area (TPSA) is 42.8 Å². The van der Waals surface area contributed by atoms with Crippen LogP contribution in [0.2, 0.25) is 0 Å². The molecular weight excluding hydrogens is 300 g/mol. The molecule has 0 saturated heterocycles. The van der Waals surface area contributed by atoms with Crippen LogP contribution in [-0.4, -0.2) is 33.1 Å². The zero-order valence-electron chi connectivity index (χ0n) is 14.7. The minimum absolute atomic E-state index is 0.0548. The highest BCUT2D eigenvalue weighted by molar-refractivity contribution is 5.94. The summed E-state index contributed by atoms with van der Waals surface area (Å²) >= 11 is 0. The maximum absolute atomic E-state index is 12.3. The zero-order valence-corrected chi connectivity index (χ0v) is 14.7. The molecule has 2 aromatic carbocycles. The summed E-state index contributed by atoms with van der Waals surface area (Å²) in [6.45, 7) is 4.35. The number of hydrogen-bond acceptors (Lipinski definition) is 2. The smallest absolute Gasteiger partial charge is 0.251 e. The summed E-state index contributed by atoms with van der Waals surface area (Å²) < 4.78 is 5.78. The Balaban J connectivity index is 1.88. The summed E-state index contributed by atoms with van der Waals surface area (Å²) in [5.74, 6) is 1.09. The molecule has 128 valence electrons. The zero-order chi connectivity index (χ0) is 17.4. The van der Waals surface area contributed by atoms with Crippen molar-refractivity contribution >= 4 is 5.91 Å². The van der Waals surface area contributed by atoms with Crippen LogP contribution in [0.1, 0.15) is 22.8 Å². The Morgan fingerprint density at radius 1 is 1.12 bits per heavy atom. The maximum atomic E-state index is 12.3. The molecule has 0 aromatic heterocycles. The van der Waals surface area contributed by atoms with Crippen molar-refractivity contribution in [1.82, 2.24) is 5.32 Å². The molecule has 4 nitrogen and oxygen atoms in total. The van der Waals surface area contributed by atoms with Crippen LogP contribution in [0.4, 0.5) is 0 Å². The Kier molecular flexibility index (Phi) is 6.82. The summed E-state index contributed by atoms with van der Waals surface area (Å²) in [5, 5.41) is 3.00. The molecule has 1 atom stereocenters. The van der Waals surface area contributed by atoms with Crippen LogP contribution < -0.4 is 15.0 Å². The van der Waals surface area contributed by atoms with E-state index in [4.69, 9.17) is 4.74 Å². The van der Waals surface area contributed by atoms with Gasteiger partial charge in [-0.1, -0.05) is 43.3 Å². The van der Waals surface area contributed by atoms with Gasteiger partial charge in [0.1, 0.15) is 12.4 Å². The largest absolute Gasteiger partial charge is 0.489 e. The molecule has 2 N–H and O–H groups in total. The molecule has 0 aliphatic heterocycles. The van der Waals surface area contributed by atoms with Crippen molar-refractivity contribution in [1.29, 1.82) is 0 Å². The first-order valence-corrected chi connectivity index (χ1v) is 8.38. The molecule has 0 aliphatic rings. The van der Waals surface area contributed by atoms with E-state index in [0.717, 1.165) is 12.1 Å². The van der Waals surface area contributed by atoms with Gasteiger partial charge in [-0.25, -0.2) is 0 Å². The first kappa shape index (κ1) is 18.0. The van der Waals surface area contributed by atoms with E-state index in [-0.39, 0.29) is 5.91 Å². The lowest BCUT2D eigenvalue weighted by Gasteiger charge is -2.15. The maximum Gasteiger partial charge on any atom is 0.251 e. The normalized spacial score (nSPS) is 12.0. The van der Waals surface area contributed by atoms with Crippen molar-refractivity contribution in [3.63, 3.8) is 0 Å². The number of carbonyl (C=O) groups excluding carboxylic acids is 1. The van der Waals surface area contributed by atoms with Gasteiger partial charge in [0.2, 0.25) is 0 Å². The fraction of sp³-hybridized carbons (Fsp3) is 0.350. The van der Waals surface area contributed by atoms with Crippen LogP contribution in [0.15, 0.2) is 54.6 Å². The molecule has 2 aromatic rings. The van der Waals surface area contributed by atoms with Crippen LogP contribution >= 0.6 is 0 Å². The first-order chi connectivity index (χ1) is 11.5.